The van der Waals surface area contributed by atoms with Crippen molar-refractivity contribution in [1.29, 1.82) is 0 Å². The smallest absolute Gasteiger partial charge is 0.290 e. The molecule has 7 nitrogen and oxygen atoms in total. The highest BCUT2D eigenvalue weighted by Gasteiger charge is 2.40. The van der Waals surface area contributed by atoms with Crippen LogP contribution in [-0.4, -0.2) is 67.1 Å². The van der Waals surface area contributed by atoms with Gasteiger partial charge in [-0.25, -0.2) is 0 Å². The molecule has 0 spiro atoms. The minimum absolute atomic E-state index is 0.190. The van der Waals surface area contributed by atoms with Crippen molar-refractivity contribution < 1.29 is 19.4 Å². The first-order valence-corrected chi connectivity index (χ1v) is 11.2. The Bertz CT molecular complexity index is 727. The van der Waals surface area contributed by atoms with Crippen LogP contribution in [0.2, 0.25) is 0 Å². The third kappa shape index (κ3) is 5.71. The van der Waals surface area contributed by atoms with E-state index in [2.05, 4.69) is 29.4 Å². The van der Waals surface area contributed by atoms with Crippen molar-refractivity contribution >= 4 is 6.47 Å². The number of hydrogen-bond donors (Lipinski definition) is 1. The number of piperidine rings is 1. The minimum atomic E-state index is -0.250. The van der Waals surface area contributed by atoms with E-state index in [0.717, 1.165) is 52.5 Å². The van der Waals surface area contributed by atoms with Crippen LogP contribution >= 0.6 is 0 Å². The van der Waals surface area contributed by atoms with E-state index in [1.54, 1.807) is 6.07 Å². The van der Waals surface area contributed by atoms with Crippen LogP contribution in [0, 0.1) is 17.8 Å². The molecule has 7 heteroatoms. The average molecular weight is 421 g/mol. The quantitative estimate of drug-likeness (QED) is 0.738. The molecule has 30 heavy (non-hydrogen) atoms. The van der Waals surface area contributed by atoms with Crippen LogP contribution in [0.3, 0.4) is 0 Å². The van der Waals surface area contributed by atoms with Gasteiger partial charge in [-0.1, -0.05) is 19.9 Å². The van der Waals surface area contributed by atoms with Crippen LogP contribution in [0.4, 0.5) is 0 Å². The number of hydrogen-bond acceptors (Lipinski definition) is 5. The second-order valence-corrected chi connectivity index (χ2v) is 9.23. The van der Waals surface area contributed by atoms with E-state index in [0.29, 0.717) is 29.7 Å². The van der Waals surface area contributed by atoms with E-state index in [-0.39, 0.29) is 12.0 Å². The number of carbonyl (C=O) groups is 1. The second kappa shape index (κ2) is 11.1. The molecule has 0 unspecified atom stereocenters. The molecule has 0 saturated carbocycles. The summed E-state index contributed by atoms with van der Waals surface area (Å²) in [6.45, 7) is 10.5. The number of ether oxygens (including phenoxy) is 2. The lowest BCUT2D eigenvalue weighted by Crippen LogP contribution is -2.50. The molecule has 1 aromatic heterocycles. The molecule has 0 aliphatic carbocycles. The van der Waals surface area contributed by atoms with Gasteiger partial charge in [0, 0.05) is 49.3 Å². The van der Waals surface area contributed by atoms with Gasteiger partial charge >= 0.3 is 0 Å². The van der Waals surface area contributed by atoms with Gasteiger partial charge in [0.25, 0.3) is 12.0 Å². The maximum atomic E-state index is 12.7. The van der Waals surface area contributed by atoms with E-state index >= 15 is 0 Å². The maximum Gasteiger partial charge on any atom is 0.290 e. The van der Waals surface area contributed by atoms with Crippen LogP contribution in [-0.2, 0) is 14.3 Å². The van der Waals surface area contributed by atoms with E-state index in [4.69, 9.17) is 19.4 Å². The van der Waals surface area contributed by atoms with Gasteiger partial charge in [0.15, 0.2) is 0 Å². The molecule has 0 radical (unpaired) electrons. The first kappa shape index (κ1) is 23.0. The number of nitrogens with zero attached hydrogens (tertiary/aromatic N) is 2. The summed E-state index contributed by atoms with van der Waals surface area (Å²) in [5.74, 6) is 2.17. The van der Waals surface area contributed by atoms with Crippen LogP contribution in [0.5, 0.6) is 0 Å². The summed E-state index contributed by atoms with van der Waals surface area (Å²) in [4.78, 5) is 23.7. The molecule has 0 aromatic carbocycles. The molecule has 2 saturated heterocycles. The van der Waals surface area contributed by atoms with Crippen molar-refractivity contribution in [2.24, 2.45) is 17.8 Å². The summed E-state index contributed by atoms with van der Waals surface area (Å²) < 4.78 is 13.6. The standard InChI is InChI=1S/C22H34N2O3.CH2O2/c1-16(2)6-7-21-19-10-18(20-4-3-5-22(25)24(20)21)12-23(13-19)11-17-14-26-8-9-27-15-17;2-1-3/h3-5,16-19,21H,6-15H2,1-2H3;1H,(H,2,3)/t18-,19+,21+;/m1./s1. The summed E-state index contributed by atoms with van der Waals surface area (Å²) in [6, 6.07) is 6.22. The fourth-order valence-electron chi connectivity index (χ4n) is 5.30. The Morgan fingerprint density at radius 3 is 2.57 bits per heavy atom. The second-order valence-electron chi connectivity index (χ2n) is 9.23. The Morgan fingerprint density at radius 2 is 1.90 bits per heavy atom. The van der Waals surface area contributed by atoms with Crippen LogP contribution in [0.25, 0.3) is 0 Å². The SMILES string of the molecule is CC(C)CC[C@H]1[C@H]2C[C@H](CN(CC3COCCOC3)C2)c2cccc(=O)n21.O=CO. The number of carboxylic acid groups (broad SMARTS) is 1. The molecule has 4 rings (SSSR count). The Balaban J connectivity index is 0.000000806. The van der Waals surface area contributed by atoms with Gasteiger partial charge in [-0.15, -0.1) is 0 Å². The molecule has 3 aliphatic heterocycles. The molecule has 3 atom stereocenters. The van der Waals surface area contributed by atoms with Crippen molar-refractivity contribution in [2.45, 2.75) is 45.1 Å². The summed E-state index contributed by atoms with van der Waals surface area (Å²) >= 11 is 0. The molecule has 168 valence electrons. The molecule has 2 bridgehead atoms. The lowest BCUT2D eigenvalue weighted by molar-refractivity contribution is -0.122. The molecule has 1 N–H and O–H groups in total. The lowest BCUT2D eigenvalue weighted by atomic mass is 9.76. The molecule has 4 heterocycles. The zero-order valence-electron chi connectivity index (χ0n) is 18.2. The lowest BCUT2D eigenvalue weighted by Gasteiger charge is -2.47. The van der Waals surface area contributed by atoms with E-state index < -0.39 is 0 Å². The number of pyridine rings is 1. The van der Waals surface area contributed by atoms with Gasteiger partial charge in [-0.05, 0) is 37.2 Å². The third-order valence-corrected chi connectivity index (χ3v) is 6.51. The van der Waals surface area contributed by atoms with Crippen LogP contribution < -0.4 is 5.56 Å². The monoisotopic (exact) mass is 420 g/mol. The average Bonchev–Trinajstić information content (AvgIpc) is 2.97. The minimum Gasteiger partial charge on any atom is -0.483 e. The van der Waals surface area contributed by atoms with Crippen molar-refractivity contribution in [2.75, 3.05) is 46.1 Å². The molecule has 3 aliphatic rings. The fourth-order valence-corrected chi connectivity index (χ4v) is 5.30. The molecule has 2 fully saturated rings. The van der Waals surface area contributed by atoms with Crippen LogP contribution in [0.15, 0.2) is 23.0 Å². The van der Waals surface area contributed by atoms with Gasteiger partial charge in [0.2, 0.25) is 0 Å². The van der Waals surface area contributed by atoms with E-state index in [1.165, 1.54) is 18.5 Å². The topological polar surface area (TPSA) is 81.0 Å². The summed E-state index contributed by atoms with van der Waals surface area (Å²) in [7, 11) is 0. The normalized spacial score (nSPS) is 27.0. The Hall–Kier alpha value is -1.70. The highest BCUT2D eigenvalue weighted by molar-refractivity contribution is 5.32. The number of rotatable bonds is 5. The highest BCUT2D eigenvalue weighted by Crippen LogP contribution is 2.43. The van der Waals surface area contributed by atoms with E-state index in [9.17, 15) is 4.79 Å². The Labute approximate surface area is 179 Å². The summed E-state index contributed by atoms with van der Waals surface area (Å²) in [5, 5.41) is 6.89. The molecule has 1 aromatic rings. The van der Waals surface area contributed by atoms with Crippen molar-refractivity contribution in [3.63, 3.8) is 0 Å². The van der Waals surface area contributed by atoms with E-state index in [1.807, 2.05) is 6.07 Å². The van der Waals surface area contributed by atoms with Crippen molar-refractivity contribution in [3.05, 3.63) is 34.2 Å². The number of likely N-dealkylation sites (tertiary alicyclic amines) is 1. The number of fused-ring (bicyclic) bond motifs is 4. The molecular weight excluding hydrogens is 384 g/mol. The predicted molar refractivity (Wildman–Crippen MR) is 115 cm³/mol. The molecular formula is C23H36N2O5. The zero-order chi connectivity index (χ0) is 21.5. The van der Waals surface area contributed by atoms with Crippen molar-refractivity contribution in [1.82, 2.24) is 9.47 Å². The van der Waals surface area contributed by atoms with Crippen molar-refractivity contribution in [3.8, 4) is 0 Å². The number of aromatic nitrogens is 1. The fraction of sp³-hybridized carbons (Fsp3) is 0.739. The summed E-state index contributed by atoms with van der Waals surface area (Å²) in [5.41, 5.74) is 1.44. The molecule has 0 amide bonds. The predicted octanol–water partition coefficient (Wildman–Crippen LogP) is 2.61. The summed E-state index contributed by atoms with van der Waals surface area (Å²) in [6.07, 6.45) is 3.51. The zero-order valence-corrected chi connectivity index (χ0v) is 18.2. The van der Waals surface area contributed by atoms with Gasteiger partial charge in [-0.3, -0.25) is 9.59 Å². The van der Waals surface area contributed by atoms with Gasteiger partial charge in [0.05, 0.1) is 26.4 Å². The van der Waals surface area contributed by atoms with Gasteiger partial charge in [0.1, 0.15) is 0 Å². The first-order valence-electron chi connectivity index (χ1n) is 11.2. The Morgan fingerprint density at radius 1 is 1.20 bits per heavy atom. The van der Waals surface area contributed by atoms with Gasteiger partial charge < -0.3 is 24.0 Å². The third-order valence-electron chi connectivity index (χ3n) is 6.51. The largest absolute Gasteiger partial charge is 0.483 e. The van der Waals surface area contributed by atoms with Crippen LogP contribution in [0.1, 0.15) is 50.8 Å². The highest BCUT2D eigenvalue weighted by atomic mass is 16.5. The Kier molecular flexibility index (Phi) is 8.48. The van der Waals surface area contributed by atoms with Gasteiger partial charge in [-0.2, -0.15) is 0 Å². The first-order chi connectivity index (χ1) is 14.5. The maximum absolute atomic E-state index is 12.7.